The second-order valence-corrected chi connectivity index (χ2v) is 10.2. The summed E-state index contributed by atoms with van der Waals surface area (Å²) in [7, 11) is -2.39. The molecule has 0 unspecified atom stereocenters. The molecule has 4 heterocycles. The van der Waals surface area contributed by atoms with Gasteiger partial charge in [-0.15, -0.1) is 10.2 Å². The van der Waals surface area contributed by atoms with Crippen molar-refractivity contribution in [2.24, 2.45) is 0 Å². The van der Waals surface area contributed by atoms with E-state index in [1.54, 1.807) is 28.8 Å². The second-order valence-electron chi connectivity index (χ2n) is 7.96. The van der Waals surface area contributed by atoms with Crippen molar-refractivity contribution in [1.82, 2.24) is 29.7 Å². The van der Waals surface area contributed by atoms with Gasteiger partial charge < -0.3 is 9.47 Å². The molecule has 1 aliphatic heterocycles. The van der Waals surface area contributed by atoms with E-state index in [4.69, 9.17) is 21.1 Å². The van der Waals surface area contributed by atoms with Crippen molar-refractivity contribution >= 4 is 27.6 Å². The van der Waals surface area contributed by atoms with Gasteiger partial charge in [-0.3, -0.25) is 9.29 Å². The number of aryl methyl sites for hydroxylation is 1. The van der Waals surface area contributed by atoms with Crippen LogP contribution >= 0.6 is 11.6 Å². The molecule has 37 heavy (non-hydrogen) atoms. The summed E-state index contributed by atoms with van der Waals surface area (Å²) < 4.78 is 41.7. The number of nitrogens with one attached hydrogen (secondary N) is 1. The minimum Gasteiger partial charge on any atom is -0.493 e. The molecule has 188 valence electrons. The van der Waals surface area contributed by atoms with E-state index in [1.165, 1.54) is 25.7 Å². The number of anilines is 1. The quantitative estimate of drug-likeness (QED) is 0.370. The first-order chi connectivity index (χ1) is 17.9. The molecule has 1 N–H and O–H groups in total. The van der Waals surface area contributed by atoms with Crippen LogP contribution in [0.5, 0.6) is 11.5 Å². The molecule has 0 saturated carbocycles. The van der Waals surface area contributed by atoms with Gasteiger partial charge in [0.2, 0.25) is 16.0 Å². The van der Waals surface area contributed by atoms with E-state index in [0.29, 0.717) is 39.2 Å². The maximum absolute atomic E-state index is 13.0. The molecule has 1 aliphatic rings. The van der Waals surface area contributed by atoms with Crippen molar-refractivity contribution in [3.8, 4) is 29.1 Å². The number of hydrogen-bond acceptors (Lipinski definition) is 10. The van der Waals surface area contributed by atoms with Crippen molar-refractivity contribution in [3.05, 3.63) is 70.9 Å². The summed E-state index contributed by atoms with van der Waals surface area (Å²) >= 11 is 5.80. The molecule has 0 aliphatic carbocycles. The van der Waals surface area contributed by atoms with Gasteiger partial charge in [-0.1, -0.05) is 23.7 Å². The van der Waals surface area contributed by atoms with Gasteiger partial charge >= 0.3 is 0 Å². The maximum Gasteiger partial charge on any atom is 0.239 e. The number of halogens is 1. The monoisotopic (exact) mass is 538 g/mol. The average Bonchev–Trinajstić information content (AvgIpc) is 3.22. The predicted octanol–water partition coefficient (Wildman–Crippen LogP) is 2.63. The molecular formula is C23H19ClN8O4S. The van der Waals surface area contributed by atoms with Gasteiger partial charge in [-0.25, -0.2) is 23.4 Å². The zero-order chi connectivity index (χ0) is 26.0. The molecule has 3 aromatic heterocycles. The molecule has 0 saturated heterocycles. The fraction of sp³-hybridized carbons (Fsp3) is 0.217. The first-order valence-corrected chi connectivity index (χ1v) is 13.0. The number of ether oxygens (including phenoxy) is 2. The fourth-order valence-corrected chi connectivity index (χ4v) is 4.96. The van der Waals surface area contributed by atoms with Crippen LogP contribution in [0.1, 0.15) is 23.0 Å². The summed E-state index contributed by atoms with van der Waals surface area (Å²) in [5.74, 6) is 1.07. The Morgan fingerprint density at radius 3 is 2.81 bits per heavy atom. The lowest BCUT2D eigenvalue weighted by molar-refractivity contribution is 0.266. The molecule has 5 rings (SSSR count). The third-order valence-corrected chi connectivity index (χ3v) is 7.04. The summed E-state index contributed by atoms with van der Waals surface area (Å²) in [5, 5.41) is 18.1. The predicted molar refractivity (Wildman–Crippen MR) is 133 cm³/mol. The third kappa shape index (κ3) is 5.02. The fourth-order valence-electron chi connectivity index (χ4n) is 3.89. The summed E-state index contributed by atoms with van der Waals surface area (Å²) in [6.45, 7) is 0.0717. The van der Waals surface area contributed by atoms with Gasteiger partial charge in [0.05, 0.1) is 35.6 Å². The van der Waals surface area contributed by atoms with Gasteiger partial charge in [-0.2, -0.15) is 5.26 Å². The molecule has 1 atom stereocenters. The summed E-state index contributed by atoms with van der Waals surface area (Å²) in [6.07, 6.45) is 4.40. The normalized spacial score (nSPS) is 14.5. The van der Waals surface area contributed by atoms with Crippen molar-refractivity contribution in [1.29, 1.82) is 5.26 Å². The van der Waals surface area contributed by atoms with E-state index >= 15 is 0 Å². The smallest absolute Gasteiger partial charge is 0.239 e. The number of nitriles is 1. The Hall–Kier alpha value is -4.28. The number of hydrogen-bond donors (Lipinski definition) is 1. The molecule has 14 heteroatoms. The van der Waals surface area contributed by atoms with Crippen molar-refractivity contribution in [2.75, 3.05) is 24.2 Å². The van der Waals surface area contributed by atoms with E-state index in [0.717, 1.165) is 0 Å². The standard InChI is InChI=1S/C23H19ClN8O4S/c1-35-18-5-7-26-20-21(18)36-13-17(15-4-2-3-14(9-15)10-25)32-22(20)29-30-23(32)31-37(33,34)8-6-19-27-11-16(24)12-28-19/h2-5,7,9,11-12,17H,6,8,13H2,1H3,(H,30,31)/t17-/m0/s1. The number of sulfonamides is 1. The van der Waals surface area contributed by atoms with Crippen LogP contribution in [0.2, 0.25) is 5.02 Å². The highest BCUT2D eigenvalue weighted by atomic mass is 35.5. The van der Waals surface area contributed by atoms with Gasteiger partial charge in [0.25, 0.3) is 0 Å². The van der Waals surface area contributed by atoms with Gasteiger partial charge in [0, 0.05) is 31.1 Å². The molecule has 1 aromatic carbocycles. The Balaban J connectivity index is 1.55. The molecule has 4 aromatic rings. The molecule has 12 nitrogen and oxygen atoms in total. The Morgan fingerprint density at radius 1 is 1.24 bits per heavy atom. The van der Waals surface area contributed by atoms with Gasteiger partial charge in [0.15, 0.2) is 23.0 Å². The number of rotatable bonds is 7. The number of aromatic nitrogens is 6. The number of nitrogens with zero attached hydrogens (tertiary/aromatic N) is 7. The van der Waals surface area contributed by atoms with E-state index < -0.39 is 16.1 Å². The first kappa shape index (κ1) is 24.4. The third-order valence-electron chi connectivity index (χ3n) is 5.61. The topological polar surface area (TPSA) is 158 Å². The first-order valence-electron chi connectivity index (χ1n) is 11.0. The van der Waals surface area contributed by atoms with E-state index in [-0.39, 0.29) is 30.6 Å². The lowest BCUT2D eigenvalue weighted by Gasteiger charge is -2.20. The van der Waals surface area contributed by atoms with E-state index in [1.807, 2.05) is 6.07 Å². The van der Waals surface area contributed by atoms with Crippen LogP contribution in [0.15, 0.2) is 48.9 Å². The Labute approximate surface area is 217 Å². The average molecular weight is 539 g/mol. The molecule has 0 bridgehead atoms. The zero-order valence-electron chi connectivity index (χ0n) is 19.4. The highest BCUT2D eigenvalue weighted by Gasteiger charge is 2.32. The minimum absolute atomic E-state index is 0.0274. The summed E-state index contributed by atoms with van der Waals surface area (Å²) in [6, 6.07) is 10.1. The molecule has 0 radical (unpaired) electrons. The van der Waals surface area contributed by atoms with Crippen LogP contribution in [0, 0.1) is 11.3 Å². The van der Waals surface area contributed by atoms with Gasteiger partial charge in [-0.05, 0) is 17.7 Å². The van der Waals surface area contributed by atoms with Gasteiger partial charge in [0.1, 0.15) is 12.4 Å². The highest BCUT2D eigenvalue weighted by molar-refractivity contribution is 7.92. The van der Waals surface area contributed by atoms with Crippen LogP contribution in [0.4, 0.5) is 5.95 Å². The lowest BCUT2D eigenvalue weighted by Crippen LogP contribution is -2.25. The Bertz CT molecular complexity index is 1600. The van der Waals surface area contributed by atoms with Crippen LogP contribution in [0.3, 0.4) is 0 Å². The number of fused-ring (bicyclic) bond motifs is 3. The Kier molecular flexibility index (Phi) is 6.60. The van der Waals surface area contributed by atoms with Crippen molar-refractivity contribution < 1.29 is 17.9 Å². The second kappa shape index (κ2) is 10.00. The molecular weight excluding hydrogens is 520 g/mol. The van der Waals surface area contributed by atoms with Crippen molar-refractivity contribution in [2.45, 2.75) is 12.5 Å². The number of benzene rings is 1. The van der Waals surface area contributed by atoms with Crippen LogP contribution in [-0.2, 0) is 16.4 Å². The van der Waals surface area contributed by atoms with Crippen LogP contribution < -0.4 is 14.2 Å². The molecule has 0 fully saturated rings. The van der Waals surface area contributed by atoms with Crippen LogP contribution in [0.25, 0.3) is 11.5 Å². The van der Waals surface area contributed by atoms with E-state index in [2.05, 4.69) is 35.9 Å². The number of pyridine rings is 1. The largest absolute Gasteiger partial charge is 0.493 e. The summed E-state index contributed by atoms with van der Waals surface area (Å²) in [5.41, 5.74) is 1.47. The highest BCUT2D eigenvalue weighted by Crippen LogP contribution is 2.41. The minimum atomic E-state index is -3.89. The van der Waals surface area contributed by atoms with Crippen LogP contribution in [-0.4, -0.2) is 57.6 Å². The zero-order valence-corrected chi connectivity index (χ0v) is 20.9. The number of methoxy groups -OCH3 is 1. The maximum atomic E-state index is 13.0. The lowest BCUT2D eigenvalue weighted by atomic mass is 10.0. The molecule has 0 amide bonds. The van der Waals surface area contributed by atoms with E-state index in [9.17, 15) is 13.7 Å². The molecule has 0 spiro atoms. The SMILES string of the molecule is COc1ccnc2c1OC[C@@H](c1cccc(C#N)c1)n1c(NS(=O)(=O)CCc3ncc(Cl)cn3)nnc1-2. The van der Waals surface area contributed by atoms with Crippen molar-refractivity contribution in [3.63, 3.8) is 0 Å². The summed E-state index contributed by atoms with van der Waals surface area (Å²) in [4.78, 5) is 12.5. The Morgan fingerprint density at radius 2 is 2.05 bits per heavy atom.